The number of hydrazone groups is 1. The lowest BCUT2D eigenvalue weighted by Gasteiger charge is -2.25. The van der Waals surface area contributed by atoms with Gasteiger partial charge in [-0.3, -0.25) is 14.4 Å². The van der Waals surface area contributed by atoms with E-state index in [1.807, 2.05) is 54.6 Å². The summed E-state index contributed by atoms with van der Waals surface area (Å²) in [6, 6.07) is 17.4. The molecule has 1 saturated carbocycles. The Labute approximate surface area is 211 Å². The molecule has 1 aliphatic heterocycles. The molecular weight excluding hydrogens is 458 g/mol. The fourth-order valence-electron chi connectivity index (χ4n) is 4.90. The summed E-state index contributed by atoms with van der Waals surface area (Å²) in [6.07, 6.45) is 5.63. The van der Waals surface area contributed by atoms with Gasteiger partial charge in [0.2, 0.25) is 11.8 Å². The highest BCUT2D eigenvalue weighted by Gasteiger charge is 2.32. The van der Waals surface area contributed by atoms with Gasteiger partial charge in [0, 0.05) is 18.5 Å². The third-order valence-electron chi connectivity index (χ3n) is 6.79. The van der Waals surface area contributed by atoms with Crippen molar-refractivity contribution >= 4 is 23.7 Å². The number of carboxylic acid groups (broad SMARTS) is 1. The van der Waals surface area contributed by atoms with Crippen molar-refractivity contribution in [3.8, 4) is 0 Å². The molecule has 190 valence electrons. The second kappa shape index (κ2) is 12.3. The highest BCUT2D eigenvalue weighted by molar-refractivity contribution is 5.97. The molecule has 0 saturated heterocycles. The predicted molar refractivity (Wildman–Crippen MR) is 135 cm³/mol. The molecule has 2 amide bonds. The predicted octanol–water partition coefficient (Wildman–Crippen LogP) is 4.05. The largest absolute Gasteiger partial charge is 0.481 e. The Morgan fingerprint density at radius 2 is 1.78 bits per heavy atom. The Bertz CT molecular complexity index is 1080. The molecular formula is C28H33N3O5. The van der Waals surface area contributed by atoms with Crippen LogP contribution in [0.15, 0.2) is 59.7 Å². The number of hydrogen-bond donors (Lipinski definition) is 2. The Morgan fingerprint density at radius 3 is 2.47 bits per heavy atom. The van der Waals surface area contributed by atoms with Crippen molar-refractivity contribution in [1.29, 1.82) is 0 Å². The minimum atomic E-state index is -0.814. The lowest BCUT2D eigenvalue weighted by atomic mass is 9.83. The molecule has 1 heterocycles. The van der Waals surface area contributed by atoms with E-state index in [0.29, 0.717) is 37.7 Å². The van der Waals surface area contributed by atoms with E-state index in [4.69, 9.17) is 9.84 Å². The maximum Gasteiger partial charge on any atom is 0.303 e. The van der Waals surface area contributed by atoms with Gasteiger partial charge in [0.05, 0.1) is 12.5 Å². The number of carbonyl (C=O) groups is 3. The molecule has 0 spiro atoms. The second-order valence-electron chi connectivity index (χ2n) is 9.42. The van der Waals surface area contributed by atoms with E-state index in [1.165, 1.54) is 5.01 Å². The number of amides is 2. The summed E-state index contributed by atoms with van der Waals surface area (Å²) < 4.78 is 5.52. The van der Waals surface area contributed by atoms with Gasteiger partial charge in [-0.15, -0.1) is 5.10 Å². The zero-order valence-electron chi connectivity index (χ0n) is 20.4. The monoisotopic (exact) mass is 491 g/mol. The number of ether oxygens (including phenoxy) is 1. The Morgan fingerprint density at radius 1 is 1.06 bits per heavy atom. The van der Waals surface area contributed by atoms with Crippen molar-refractivity contribution < 1.29 is 24.2 Å². The van der Waals surface area contributed by atoms with Crippen LogP contribution in [-0.4, -0.2) is 46.9 Å². The molecule has 8 heteroatoms. The van der Waals surface area contributed by atoms with Crippen molar-refractivity contribution in [1.82, 2.24) is 10.3 Å². The van der Waals surface area contributed by atoms with Gasteiger partial charge in [-0.25, -0.2) is 5.01 Å². The molecule has 1 unspecified atom stereocenters. The average molecular weight is 492 g/mol. The third-order valence-corrected chi connectivity index (χ3v) is 6.79. The van der Waals surface area contributed by atoms with E-state index in [2.05, 4.69) is 10.4 Å². The summed E-state index contributed by atoms with van der Waals surface area (Å²) >= 11 is 0. The molecule has 36 heavy (non-hydrogen) atoms. The fraction of sp³-hybridized carbons (Fsp3) is 0.429. The highest BCUT2D eigenvalue weighted by atomic mass is 16.5. The van der Waals surface area contributed by atoms with Crippen LogP contribution >= 0.6 is 0 Å². The van der Waals surface area contributed by atoms with Crippen LogP contribution in [0.1, 0.15) is 67.6 Å². The van der Waals surface area contributed by atoms with Gasteiger partial charge in [-0.1, -0.05) is 55.3 Å². The molecule has 8 nitrogen and oxygen atoms in total. The van der Waals surface area contributed by atoms with Crippen molar-refractivity contribution in [3.05, 3.63) is 71.3 Å². The van der Waals surface area contributed by atoms with E-state index in [0.717, 1.165) is 42.4 Å². The highest BCUT2D eigenvalue weighted by Crippen LogP contribution is 2.37. The molecule has 2 aliphatic rings. The molecule has 0 radical (unpaired) electrons. The van der Waals surface area contributed by atoms with Crippen LogP contribution in [0, 0.1) is 5.92 Å². The minimum Gasteiger partial charge on any atom is -0.481 e. The first kappa shape index (κ1) is 25.4. The van der Waals surface area contributed by atoms with E-state index in [9.17, 15) is 14.4 Å². The molecule has 2 aromatic carbocycles. The van der Waals surface area contributed by atoms with Gasteiger partial charge in [-0.05, 0) is 54.9 Å². The summed E-state index contributed by atoms with van der Waals surface area (Å²) in [7, 11) is 0. The number of carbonyl (C=O) groups excluding carboxylic acids is 2. The first-order valence-corrected chi connectivity index (χ1v) is 12.7. The smallest absolute Gasteiger partial charge is 0.303 e. The lowest BCUT2D eigenvalue weighted by Crippen LogP contribution is -2.36. The normalized spacial score (nSPS) is 16.8. The van der Waals surface area contributed by atoms with Crippen molar-refractivity contribution in [2.45, 2.75) is 57.4 Å². The van der Waals surface area contributed by atoms with Gasteiger partial charge in [-0.2, -0.15) is 0 Å². The molecule has 0 aromatic heterocycles. The van der Waals surface area contributed by atoms with Crippen LogP contribution in [0.25, 0.3) is 0 Å². The van der Waals surface area contributed by atoms with Gasteiger partial charge in [0.1, 0.15) is 0 Å². The van der Waals surface area contributed by atoms with E-state index in [1.54, 1.807) is 0 Å². The molecule has 1 fully saturated rings. The number of nitrogens with one attached hydrogen (secondary N) is 1. The standard InChI is InChI=1S/C28H33N3O5/c32-24-19-36-28(23-10-2-1-3-11-23)30-31(24)18-20-13-15-22(16-14-20)26(21-8-4-5-9-21)27(35)29-17-7-6-12-25(33)34/h1-3,10-11,13-16,21,26H,4-9,12,17-19H2,(H,29,35)(H,33,34). The number of aliphatic carboxylic acids is 1. The van der Waals surface area contributed by atoms with Crippen LogP contribution in [0.3, 0.4) is 0 Å². The topological polar surface area (TPSA) is 108 Å². The van der Waals surface area contributed by atoms with E-state index in [-0.39, 0.29) is 30.8 Å². The maximum absolute atomic E-state index is 13.1. The lowest BCUT2D eigenvalue weighted by molar-refractivity contribution is -0.137. The number of unbranched alkanes of at least 4 members (excludes halogenated alkanes) is 1. The van der Waals surface area contributed by atoms with Crippen LogP contribution in [0.2, 0.25) is 0 Å². The number of hydrogen-bond acceptors (Lipinski definition) is 5. The Balaban J connectivity index is 1.42. The first-order chi connectivity index (χ1) is 17.5. The van der Waals surface area contributed by atoms with Gasteiger partial charge in [0.25, 0.3) is 5.91 Å². The van der Waals surface area contributed by atoms with Crippen LogP contribution in [0.5, 0.6) is 0 Å². The zero-order chi connectivity index (χ0) is 25.3. The number of nitrogens with zero attached hydrogens (tertiary/aromatic N) is 2. The summed E-state index contributed by atoms with van der Waals surface area (Å²) in [6.45, 7) is 0.749. The quantitative estimate of drug-likeness (QED) is 0.461. The van der Waals surface area contributed by atoms with Gasteiger partial charge < -0.3 is 15.2 Å². The van der Waals surface area contributed by atoms with Gasteiger partial charge >= 0.3 is 5.97 Å². The first-order valence-electron chi connectivity index (χ1n) is 12.7. The molecule has 0 bridgehead atoms. The van der Waals surface area contributed by atoms with Crippen LogP contribution in [-0.2, 0) is 25.7 Å². The molecule has 4 rings (SSSR count). The number of carboxylic acids is 1. The molecule has 2 N–H and O–H groups in total. The molecule has 1 atom stereocenters. The third kappa shape index (κ3) is 6.71. The summed E-state index contributed by atoms with van der Waals surface area (Å²) in [4.78, 5) is 36.2. The SMILES string of the molecule is O=C(O)CCCCNC(=O)C(c1ccc(CN2N=C(c3ccccc3)OCC2=O)cc1)C1CCCC1. The van der Waals surface area contributed by atoms with Crippen LogP contribution in [0.4, 0.5) is 0 Å². The zero-order valence-corrected chi connectivity index (χ0v) is 20.4. The van der Waals surface area contributed by atoms with E-state index >= 15 is 0 Å². The van der Waals surface area contributed by atoms with Crippen molar-refractivity contribution in [3.63, 3.8) is 0 Å². The van der Waals surface area contributed by atoms with Crippen LogP contribution < -0.4 is 5.32 Å². The van der Waals surface area contributed by atoms with Gasteiger partial charge in [0.15, 0.2) is 6.61 Å². The second-order valence-corrected chi connectivity index (χ2v) is 9.42. The van der Waals surface area contributed by atoms with E-state index < -0.39 is 5.97 Å². The Hall–Kier alpha value is -3.68. The summed E-state index contributed by atoms with van der Waals surface area (Å²) in [5.41, 5.74) is 2.71. The minimum absolute atomic E-state index is 0.00503. The molecule has 2 aromatic rings. The van der Waals surface area contributed by atoms with Crippen molar-refractivity contribution in [2.75, 3.05) is 13.2 Å². The number of rotatable bonds is 11. The average Bonchev–Trinajstić information content (AvgIpc) is 3.41. The van der Waals surface area contributed by atoms with Crippen molar-refractivity contribution in [2.24, 2.45) is 11.0 Å². The number of benzene rings is 2. The Kier molecular flexibility index (Phi) is 8.71. The molecule has 1 aliphatic carbocycles. The summed E-state index contributed by atoms with van der Waals surface area (Å²) in [5, 5.41) is 17.7. The fourth-order valence-corrected chi connectivity index (χ4v) is 4.90. The summed E-state index contributed by atoms with van der Waals surface area (Å²) in [5.74, 6) is -0.517. The maximum atomic E-state index is 13.1.